The molecule has 0 saturated heterocycles. The van der Waals surface area contributed by atoms with Gasteiger partial charge >= 0.3 is 0 Å². The summed E-state index contributed by atoms with van der Waals surface area (Å²) >= 11 is 3.25. The molecule has 0 unspecified atom stereocenters. The monoisotopic (exact) mass is 316 g/mol. The molecule has 0 bridgehead atoms. The first kappa shape index (κ1) is 14.7. The summed E-state index contributed by atoms with van der Waals surface area (Å²) in [6, 6.07) is 0. The van der Waals surface area contributed by atoms with E-state index in [1.807, 2.05) is 13.8 Å². The van der Waals surface area contributed by atoms with E-state index in [1.165, 1.54) is 7.11 Å². The van der Waals surface area contributed by atoms with Crippen LogP contribution in [-0.2, 0) is 4.79 Å². The van der Waals surface area contributed by atoms with E-state index in [2.05, 4.69) is 36.5 Å². The molecule has 0 aromatic carbocycles. The summed E-state index contributed by atoms with van der Waals surface area (Å²) in [5, 5.41) is 5.63. The van der Waals surface area contributed by atoms with Gasteiger partial charge in [-0.1, -0.05) is 13.8 Å². The second-order valence-electron chi connectivity index (χ2n) is 4.10. The molecule has 1 rings (SSSR count). The van der Waals surface area contributed by atoms with Gasteiger partial charge in [0, 0.05) is 6.54 Å². The molecule has 1 aromatic rings. The fourth-order valence-electron chi connectivity index (χ4n) is 1.12. The van der Waals surface area contributed by atoms with Crippen LogP contribution in [0.3, 0.4) is 0 Å². The van der Waals surface area contributed by atoms with E-state index in [0.717, 1.165) is 0 Å². The van der Waals surface area contributed by atoms with Crippen LogP contribution >= 0.6 is 15.9 Å². The van der Waals surface area contributed by atoms with E-state index in [4.69, 9.17) is 4.74 Å². The molecule has 2 N–H and O–H groups in total. The average molecular weight is 317 g/mol. The van der Waals surface area contributed by atoms with Gasteiger partial charge in [-0.3, -0.25) is 4.79 Å². The third-order valence-electron chi connectivity index (χ3n) is 2.02. The molecule has 0 aliphatic heterocycles. The predicted octanol–water partition coefficient (Wildman–Crippen LogP) is 1.43. The van der Waals surface area contributed by atoms with Crippen LogP contribution in [0.5, 0.6) is 5.88 Å². The summed E-state index contributed by atoms with van der Waals surface area (Å²) in [6.07, 6.45) is 1.57. The quantitative estimate of drug-likeness (QED) is 0.830. The molecule has 0 aliphatic carbocycles. The van der Waals surface area contributed by atoms with E-state index in [1.54, 1.807) is 6.20 Å². The number of carbonyl (C=O) groups is 1. The van der Waals surface area contributed by atoms with E-state index < -0.39 is 0 Å². The maximum Gasteiger partial charge on any atom is 0.239 e. The van der Waals surface area contributed by atoms with Crippen molar-refractivity contribution < 1.29 is 9.53 Å². The van der Waals surface area contributed by atoms with Crippen molar-refractivity contribution in [2.24, 2.45) is 5.92 Å². The number of hydrogen-bond acceptors (Lipinski definition) is 5. The molecule has 0 aliphatic rings. The first-order valence-electron chi connectivity index (χ1n) is 5.60. The molecule has 100 valence electrons. The summed E-state index contributed by atoms with van der Waals surface area (Å²) in [6.45, 7) is 4.87. The predicted molar refractivity (Wildman–Crippen MR) is 72.6 cm³/mol. The number of nitrogens with one attached hydrogen (secondary N) is 2. The first-order chi connectivity index (χ1) is 8.52. The maximum absolute atomic E-state index is 11.5. The highest BCUT2D eigenvalue weighted by Crippen LogP contribution is 2.21. The van der Waals surface area contributed by atoms with Crippen molar-refractivity contribution in [1.82, 2.24) is 15.3 Å². The minimum Gasteiger partial charge on any atom is -0.480 e. The van der Waals surface area contributed by atoms with Crippen molar-refractivity contribution in [3.63, 3.8) is 0 Å². The molecule has 1 amide bonds. The Hall–Kier alpha value is -1.37. The lowest BCUT2D eigenvalue weighted by Gasteiger charge is -2.09. The van der Waals surface area contributed by atoms with Crippen molar-refractivity contribution in [2.45, 2.75) is 13.8 Å². The molecule has 7 heteroatoms. The molecule has 1 heterocycles. The fraction of sp³-hybridized carbons (Fsp3) is 0.545. The molecule has 0 fully saturated rings. The number of halogens is 1. The number of amides is 1. The van der Waals surface area contributed by atoms with Gasteiger partial charge in [0.05, 0.1) is 24.3 Å². The van der Waals surface area contributed by atoms with Crippen molar-refractivity contribution >= 4 is 27.8 Å². The van der Waals surface area contributed by atoms with Crippen molar-refractivity contribution in [1.29, 1.82) is 0 Å². The Morgan fingerprint density at radius 3 is 2.89 bits per heavy atom. The largest absolute Gasteiger partial charge is 0.480 e. The van der Waals surface area contributed by atoms with Gasteiger partial charge in [-0.25, -0.2) is 4.98 Å². The van der Waals surface area contributed by atoms with Crippen LogP contribution in [0.25, 0.3) is 0 Å². The Morgan fingerprint density at radius 1 is 1.56 bits per heavy atom. The minimum atomic E-state index is -0.0887. The summed E-state index contributed by atoms with van der Waals surface area (Å²) in [5.74, 6) is 1.12. The molecule has 18 heavy (non-hydrogen) atoms. The van der Waals surface area contributed by atoms with Crippen LogP contribution in [-0.4, -0.2) is 36.1 Å². The van der Waals surface area contributed by atoms with Crippen LogP contribution in [0.15, 0.2) is 10.7 Å². The number of rotatable bonds is 6. The van der Waals surface area contributed by atoms with Gasteiger partial charge in [-0.2, -0.15) is 4.98 Å². The van der Waals surface area contributed by atoms with Crippen molar-refractivity contribution in [2.75, 3.05) is 25.5 Å². The summed E-state index contributed by atoms with van der Waals surface area (Å²) < 4.78 is 5.70. The SMILES string of the molecule is COc1nc(NCC(=O)NCC(C)C)ncc1Br. The number of hydrogen-bond donors (Lipinski definition) is 2. The van der Waals surface area contributed by atoms with Gasteiger partial charge in [0.15, 0.2) is 0 Å². The Labute approximate surface area is 115 Å². The zero-order valence-corrected chi connectivity index (χ0v) is 12.2. The number of anilines is 1. The lowest BCUT2D eigenvalue weighted by molar-refractivity contribution is -0.119. The Kier molecular flexibility index (Phi) is 5.84. The van der Waals surface area contributed by atoms with Crippen LogP contribution in [0, 0.1) is 5.92 Å². The van der Waals surface area contributed by atoms with Crippen LogP contribution in [0.2, 0.25) is 0 Å². The molecular formula is C11H17BrN4O2. The van der Waals surface area contributed by atoms with E-state index in [9.17, 15) is 4.79 Å². The third-order valence-corrected chi connectivity index (χ3v) is 2.56. The van der Waals surface area contributed by atoms with Gasteiger partial charge in [0.2, 0.25) is 17.7 Å². The van der Waals surface area contributed by atoms with Crippen LogP contribution < -0.4 is 15.4 Å². The molecule has 0 atom stereocenters. The lowest BCUT2D eigenvalue weighted by atomic mass is 10.2. The smallest absolute Gasteiger partial charge is 0.239 e. The van der Waals surface area contributed by atoms with Crippen molar-refractivity contribution in [3.05, 3.63) is 10.7 Å². The van der Waals surface area contributed by atoms with E-state index in [0.29, 0.717) is 28.8 Å². The number of methoxy groups -OCH3 is 1. The minimum absolute atomic E-state index is 0.0887. The average Bonchev–Trinajstić information content (AvgIpc) is 2.35. The molecule has 0 saturated carbocycles. The Bertz CT molecular complexity index is 412. The third kappa shape index (κ3) is 4.87. The Balaban J connectivity index is 2.46. The second kappa shape index (κ2) is 7.15. The molecule has 0 radical (unpaired) electrons. The Morgan fingerprint density at radius 2 is 2.28 bits per heavy atom. The first-order valence-corrected chi connectivity index (χ1v) is 6.39. The number of aromatic nitrogens is 2. The second-order valence-corrected chi connectivity index (χ2v) is 4.96. The standard InChI is InChI=1S/C11H17BrN4O2/c1-7(2)4-13-9(17)6-15-11-14-5-8(12)10(16-11)18-3/h5,7H,4,6H2,1-3H3,(H,13,17)(H,14,15,16). The molecule has 1 aromatic heterocycles. The molecule has 0 spiro atoms. The number of carbonyl (C=O) groups excluding carboxylic acids is 1. The van der Waals surface area contributed by atoms with Crippen LogP contribution in [0.4, 0.5) is 5.95 Å². The van der Waals surface area contributed by atoms with Crippen LogP contribution in [0.1, 0.15) is 13.8 Å². The zero-order chi connectivity index (χ0) is 13.5. The summed E-state index contributed by atoms with van der Waals surface area (Å²) in [7, 11) is 1.52. The molecular weight excluding hydrogens is 300 g/mol. The lowest BCUT2D eigenvalue weighted by Crippen LogP contribution is -2.32. The normalized spacial score (nSPS) is 10.3. The zero-order valence-electron chi connectivity index (χ0n) is 10.7. The highest BCUT2D eigenvalue weighted by atomic mass is 79.9. The van der Waals surface area contributed by atoms with Gasteiger partial charge in [-0.15, -0.1) is 0 Å². The van der Waals surface area contributed by atoms with Crippen molar-refractivity contribution in [3.8, 4) is 5.88 Å². The fourth-order valence-corrected chi connectivity index (χ4v) is 1.47. The van der Waals surface area contributed by atoms with Gasteiger partial charge < -0.3 is 15.4 Å². The topological polar surface area (TPSA) is 76.1 Å². The van der Waals surface area contributed by atoms with E-state index >= 15 is 0 Å². The van der Waals surface area contributed by atoms with Gasteiger partial charge in [-0.05, 0) is 21.8 Å². The van der Waals surface area contributed by atoms with Gasteiger partial charge in [0.1, 0.15) is 0 Å². The number of ether oxygens (including phenoxy) is 1. The van der Waals surface area contributed by atoms with Gasteiger partial charge in [0.25, 0.3) is 0 Å². The highest BCUT2D eigenvalue weighted by molar-refractivity contribution is 9.10. The summed E-state index contributed by atoms with van der Waals surface area (Å²) in [4.78, 5) is 19.6. The number of nitrogens with zero attached hydrogens (tertiary/aromatic N) is 2. The summed E-state index contributed by atoms with van der Waals surface area (Å²) in [5.41, 5.74) is 0. The maximum atomic E-state index is 11.5. The van der Waals surface area contributed by atoms with E-state index in [-0.39, 0.29) is 12.5 Å². The molecule has 6 nitrogen and oxygen atoms in total. The highest BCUT2D eigenvalue weighted by Gasteiger charge is 2.07.